The fourth-order valence-corrected chi connectivity index (χ4v) is 4.53. The number of hydrogen-bond acceptors (Lipinski definition) is 11. The molecule has 0 aliphatic carbocycles. The number of nitrogens with one attached hydrogen (secondary N) is 1. The Kier molecular flexibility index (Phi) is 6.49. The average Bonchev–Trinajstić information content (AvgIpc) is 2.85. The zero-order valence-electron chi connectivity index (χ0n) is 17.4. The lowest BCUT2D eigenvalue weighted by Crippen LogP contribution is -2.46. The number of nitrogens with two attached hydrogens (primary N) is 1. The third kappa shape index (κ3) is 4.56. The molecule has 4 N–H and O–H groups in total. The highest BCUT2D eigenvalue weighted by Gasteiger charge is 2.29. The van der Waals surface area contributed by atoms with E-state index in [0.717, 1.165) is 31.0 Å². The lowest BCUT2D eigenvalue weighted by atomic mass is 10.1. The lowest BCUT2D eigenvalue weighted by Gasteiger charge is -2.29. The number of hydrogen-bond donors (Lipinski definition) is 3. The third-order valence-corrected chi connectivity index (χ3v) is 6.23. The SMILES string of the molecule is COc1c(OC2CCNCC2)ccnc1N(N)N1/N=[P+](/[O-])CC(O)c2ccc1c(C)n2. The van der Waals surface area contributed by atoms with E-state index in [1.54, 1.807) is 31.3 Å². The topological polar surface area (TPSA) is 144 Å². The number of hydrazine groups is 2. The molecule has 2 aromatic rings. The number of aliphatic hydroxyl groups is 1. The number of aromatic nitrogens is 2. The molecule has 31 heavy (non-hydrogen) atoms. The molecule has 2 bridgehead atoms. The number of methoxy groups -OCH3 is 1. The van der Waals surface area contributed by atoms with Gasteiger partial charge >= 0.3 is 0 Å². The van der Waals surface area contributed by atoms with Crippen molar-refractivity contribution in [2.24, 2.45) is 10.7 Å². The molecule has 2 atom stereocenters. The van der Waals surface area contributed by atoms with Crippen LogP contribution in [0.15, 0.2) is 29.2 Å². The Morgan fingerprint density at radius 2 is 2.10 bits per heavy atom. The van der Waals surface area contributed by atoms with Gasteiger partial charge in [0, 0.05) is 17.1 Å². The molecule has 5 heterocycles. The van der Waals surface area contributed by atoms with Gasteiger partial charge in [-0.3, -0.25) is 4.98 Å². The standard InChI is InChI=1S/C19H26N7O4P/c1-12-15-4-3-14(23-12)16(27)11-31(28)24-26(15)25(20)19-18(29-2)17(7-10-22-19)30-13-5-8-21-9-6-13/h3-4,7,10,13,16,21,27H,5-6,8-9,11,20H2,1-2H3. The van der Waals surface area contributed by atoms with Crippen molar-refractivity contribution in [3.8, 4) is 11.5 Å². The van der Waals surface area contributed by atoms with E-state index in [0.29, 0.717) is 28.6 Å². The molecule has 11 nitrogen and oxygen atoms in total. The maximum Gasteiger partial charge on any atom is 0.212 e. The van der Waals surface area contributed by atoms with Gasteiger partial charge in [-0.2, -0.15) is 5.12 Å². The number of rotatable bonds is 5. The highest BCUT2D eigenvalue weighted by molar-refractivity contribution is 7.39. The van der Waals surface area contributed by atoms with Crippen molar-refractivity contribution in [1.29, 1.82) is 0 Å². The Balaban J connectivity index is 1.71. The van der Waals surface area contributed by atoms with Crippen molar-refractivity contribution < 1.29 is 19.5 Å². The van der Waals surface area contributed by atoms with Crippen LogP contribution < -0.4 is 35.8 Å². The minimum absolute atomic E-state index is 0.0569. The number of piperidine rings is 1. The Hall–Kier alpha value is -2.56. The van der Waals surface area contributed by atoms with Crippen LogP contribution in [0.2, 0.25) is 0 Å². The van der Waals surface area contributed by atoms with Crippen molar-refractivity contribution in [2.45, 2.75) is 32.0 Å². The summed E-state index contributed by atoms with van der Waals surface area (Å²) in [6.07, 6.45) is 2.36. The normalized spacial score (nSPS) is 21.0. The zero-order valence-corrected chi connectivity index (χ0v) is 18.3. The van der Waals surface area contributed by atoms with Crippen LogP contribution in [0.4, 0.5) is 11.5 Å². The smallest absolute Gasteiger partial charge is 0.212 e. The van der Waals surface area contributed by atoms with E-state index in [4.69, 9.17) is 15.3 Å². The summed E-state index contributed by atoms with van der Waals surface area (Å²) in [6, 6.07) is 5.12. The Morgan fingerprint density at radius 3 is 2.81 bits per heavy atom. The minimum Gasteiger partial charge on any atom is -0.610 e. The molecule has 0 spiro atoms. The third-order valence-electron chi connectivity index (χ3n) is 5.20. The highest BCUT2D eigenvalue weighted by Crippen LogP contribution is 2.39. The second-order valence-electron chi connectivity index (χ2n) is 7.35. The van der Waals surface area contributed by atoms with Crippen LogP contribution in [0, 0.1) is 6.92 Å². The molecule has 166 valence electrons. The number of fused-ring (bicyclic) bond motifs is 5. The van der Waals surface area contributed by atoms with E-state index in [1.807, 2.05) is 0 Å². The number of nitrogens with zero attached hydrogens (tertiary/aromatic N) is 5. The van der Waals surface area contributed by atoms with Crippen LogP contribution in [-0.2, 0) is 0 Å². The largest absolute Gasteiger partial charge is 0.610 e. The fourth-order valence-electron chi connectivity index (χ4n) is 3.60. The first-order valence-corrected chi connectivity index (χ1v) is 11.4. The monoisotopic (exact) mass is 447 g/mol. The van der Waals surface area contributed by atoms with Crippen LogP contribution in [0.5, 0.6) is 11.5 Å². The van der Waals surface area contributed by atoms with Crippen molar-refractivity contribution >= 4 is 19.4 Å². The van der Waals surface area contributed by atoms with Gasteiger partial charge in [0.2, 0.25) is 11.6 Å². The molecular weight excluding hydrogens is 421 g/mol. The lowest BCUT2D eigenvalue weighted by molar-refractivity contribution is -0.156. The highest BCUT2D eigenvalue weighted by atomic mass is 31.1. The molecule has 0 amide bonds. The average molecular weight is 447 g/mol. The van der Waals surface area contributed by atoms with Gasteiger partial charge in [0.05, 0.1) is 18.5 Å². The number of pyridine rings is 2. The second-order valence-corrected chi connectivity index (χ2v) is 8.60. The zero-order chi connectivity index (χ0) is 22.0. The van der Waals surface area contributed by atoms with E-state index >= 15 is 0 Å². The predicted molar refractivity (Wildman–Crippen MR) is 115 cm³/mol. The molecule has 0 saturated carbocycles. The summed E-state index contributed by atoms with van der Waals surface area (Å²) in [4.78, 5) is 25.6. The van der Waals surface area contributed by atoms with E-state index in [2.05, 4.69) is 20.1 Å². The van der Waals surface area contributed by atoms with Crippen molar-refractivity contribution in [3.63, 3.8) is 0 Å². The Labute approximate surface area is 181 Å². The molecule has 12 heteroatoms. The number of ether oxygens (including phenoxy) is 2. The molecule has 1 saturated heterocycles. The predicted octanol–water partition coefficient (Wildman–Crippen LogP) is 0.929. The first-order chi connectivity index (χ1) is 15.0. The summed E-state index contributed by atoms with van der Waals surface area (Å²) < 4.78 is 11.8. The minimum atomic E-state index is -2.15. The van der Waals surface area contributed by atoms with Gasteiger partial charge < -0.3 is 24.8 Å². The molecule has 5 rings (SSSR count). The van der Waals surface area contributed by atoms with Gasteiger partial charge in [0.1, 0.15) is 17.9 Å². The maximum absolute atomic E-state index is 12.6. The van der Waals surface area contributed by atoms with Crippen LogP contribution in [0.25, 0.3) is 0 Å². The Morgan fingerprint density at radius 1 is 1.32 bits per heavy atom. The second kappa shape index (κ2) is 9.29. The van der Waals surface area contributed by atoms with Gasteiger partial charge in [0.15, 0.2) is 19.9 Å². The van der Waals surface area contributed by atoms with Gasteiger partial charge in [-0.25, -0.2) is 10.8 Å². The number of aliphatic hydroxyl groups excluding tert-OH is 1. The number of aryl methyl sites for hydroxylation is 1. The summed E-state index contributed by atoms with van der Waals surface area (Å²) in [7, 11) is -0.642. The first-order valence-electron chi connectivity index (χ1n) is 10.0. The Bertz CT molecular complexity index is 970. The quantitative estimate of drug-likeness (QED) is 0.344. The first kappa shape index (κ1) is 21.7. The van der Waals surface area contributed by atoms with Crippen LogP contribution in [-0.4, -0.2) is 47.5 Å². The van der Waals surface area contributed by atoms with Gasteiger partial charge in [-0.05, 0) is 45.0 Å². The van der Waals surface area contributed by atoms with E-state index in [9.17, 15) is 10.00 Å². The fraction of sp³-hybridized carbons (Fsp3) is 0.474. The van der Waals surface area contributed by atoms with E-state index < -0.39 is 14.0 Å². The summed E-state index contributed by atoms with van der Waals surface area (Å²) >= 11 is 0. The van der Waals surface area contributed by atoms with E-state index in [-0.39, 0.29) is 18.1 Å². The van der Waals surface area contributed by atoms with Gasteiger partial charge in [0.25, 0.3) is 0 Å². The maximum atomic E-state index is 12.6. The molecule has 2 aromatic heterocycles. The molecule has 3 aliphatic rings. The van der Waals surface area contributed by atoms with Crippen molar-refractivity contribution in [3.05, 3.63) is 35.8 Å². The molecule has 3 aliphatic heterocycles. The molecule has 1 fully saturated rings. The molecular formula is C19H26N7O4P. The molecule has 2 unspecified atom stereocenters. The summed E-state index contributed by atoms with van der Waals surface area (Å²) in [5.74, 6) is 7.51. The van der Waals surface area contributed by atoms with Crippen molar-refractivity contribution in [1.82, 2.24) is 15.3 Å². The molecule has 0 radical (unpaired) electrons. The van der Waals surface area contributed by atoms with Crippen LogP contribution >= 0.6 is 7.94 Å². The summed E-state index contributed by atoms with van der Waals surface area (Å²) in [5, 5.41) is 16.0. The van der Waals surface area contributed by atoms with Gasteiger partial charge in [-0.15, -0.1) is 5.12 Å². The van der Waals surface area contributed by atoms with E-state index in [1.165, 1.54) is 12.2 Å². The van der Waals surface area contributed by atoms with Gasteiger partial charge in [-0.1, -0.05) is 0 Å². The van der Waals surface area contributed by atoms with Crippen molar-refractivity contribution in [2.75, 3.05) is 36.6 Å². The molecule has 0 aromatic carbocycles. The number of anilines is 2. The summed E-state index contributed by atoms with van der Waals surface area (Å²) in [6.45, 7) is 3.55. The van der Waals surface area contributed by atoms with Crippen LogP contribution in [0.1, 0.15) is 30.3 Å². The van der Waals surface area contributed by atoms with Crippen LogP contribution in [0.3, 0.4) is 0 Å². The summed E-state index contributed by atoms with van der Waals surface area (Å²) in [5.41, 5.74) is 1.53.